The van der Waals surface area contributed by atoms with Crippen molar-refractivity contribution in [3.05, 3.63) is 53.1 Å². The van der Waals surface area contributed by atoms with Crippen LogP contribution in [-0.4, -0.2) is 32.5 Å². The minimum atomic E-state index is -3.54. The molecule has 0 aliphatic carbocycles. The molecule has 26 heavy (non-hydrogen) atoms. The van der Waals surface area contributed by atoms with Crippen LogP contribution in [0.2, 0.25) is 0 Å². The molecular formula is C20H23NO4S. The van der Waals surface area contributed by atoms with Crippen molar-refractivity contribution in [2.75, 3.05) is 19.8 Å². The number of ether oxygens (including phenoxy) is 2. The lowest BCUT2D eigenvalue weighted by Gasteiger charge is -2.26. The molecule has 2 aromatic carbocycles. The number of sulfonamides is 1. The molecule has 0 saturated carbocycles. The van der Waals surface area contributed by atoms with Gasteiger partial charge in [0.15, 0.2) is 11.5 Å². The van der Waals surface area contributed by atoms with Crippen molar-refractivity contribution >= 4 is 10.0 Å². The third-order valence-electron chi connectivity index (χ3n) is 5.07. The molecule has 0 radical (unpaired) electrons. The highest BCUT2D eigenvalue weighted by atomic mass is 32.2. The predicted molar refractivity (Wildman–Crippen MR) is 99.2 cm³/mol. The van der Waals surface area contributed by atoms with Gasteiger partial charge in [-0.05, 0) is 56.0 Å². The van der Waals surface area contributed by atoms with E-state index in [0.717, 1.165) is 35.3 Å². The van der Waals surface area contributed by atoms with E-state index in [-0.39, 0.29) is 6.04 Å². The summed E-state index contributed by atoms with van der Waals surface area (Å²) in [6.45, 7) is 5.43. The van der Waals surface area contributed by atoms with Gasteiger partial charge in [0.25, 0.3) is 0 Å². The first-order chi connectivity index (χ1) is 12.5. The second-order valence-corrected chi connectivity index (χ2v) is 8.80. The lowest BCUT2D eigenvalue weighted by Crippen LogP contribution is -2.31. The first kappa shape index (κ1) is 17.4. The van der Waals surface area contributed by atoms with Gasteiger partial charge in [-0.15, -0.1) is 0 Å². The van der Waals surface area contributed by atoms with Crippen molar-refractivity contribution in [1.82, 2.24) is 4.31 Å². The van der Waals surface area contributed by atoms with Crippen LogP contribution in [0.15, 0.2) is 41.3 Å². The Balaban J connectivity index is 1.70. The third kappa shape index (κ3) is 2.97. The van der Waals surface area contributed by atoms with E-state index in [1.54, 1.807) is 10.4 Å². The Morgan fingerprint density at radius 2 is 1.77 bits per heavy atom. The molecule has 0 spiro atoms. The number of aryl methyl sites for hydroxylation is 2. The number of nitrogens with zero attached hydrogens (tertiary/aromatic N) is 1. The summed E-state index contributed by atoms with van der Waals surface area (Å²) < 4.78 is 39.5. The Labute approximate surface area is 154 Å². The van der Waals surface area contributed by atoms with Gasteiger partial charge in [0.05, 0.1) is 10.9 Å². The molecule has 0 amide bonds. The number of rotatable bonds is 3. The molecule has 1 saturated heterocycles. The third-order valence-corrected chi connectivity index (χ3v) is 7.14. The van der Waals surface area contributed by atoms with Crippen LogP contribution in [-0.2, 0) is 10.0 Å². The Morgan fingerprint density at radius 3 is 2.54 bits per heavy atom. The molecule has 0 N–H and O–H groups in total. The van der Waals surface area contributed by atoms with Gasteiger partial charge < -0.3 is 9.47 Å². The molecule has 2 aromatic rings. The average molecular weight is 373 g/mol. The van der Waals surface area contributed by atoms with Gasteiger partial charge in [-0.25, -0.2) is 8.42 Å². The summed E-state index contributed by atoms with van der Waals surface area (Å²) in [6.07, 6.45) is 1.66. The molecule has 5 nitrogen and oxygen atoms in total. The van der Waals surface area contributed by atoms with E-state index in [1.807, 2.05) is 44.2 Å². The molecule has 1 atom stereocenters. The van der Waals surface area contributed by atoms with Crippen molar-refractivity contribution in [2.45, 2.75) is 37.6 Å². The van der Waals surface area contributed by atoms with Gasteiger partial charge in [0.1, 0.15) is 13.2 Å². The number of fused-ring (bicyclic) bond motifs is 1. The second kappa shape index (κ2) is 6.59. The zero-order valence-corrected chi connectivity index (χ0v) is 15.9. The van der Waals surface area contributed by atoms with Crippen LogP contribution in [0.5, 0.6) is 11.5 Å². The van der Waals surface area contributed by atoms with Crippen LogP contribution in [0, 0.1) is 13.8 Å². The highest BCUT2D eigenvalue weighted by Crippen LogP contribution is 2.40. The van der Waals surface area contributed by atoms with Gasteiger partial charge >= 0.3 is 0 Å². The van der Waals surface area contributed by atoms with Gasteiger partial charge in [-0.2, -0.15) is 4.31 Å². The molecule has 1 fully saturated rings. The summed E-state index contributed by atoms with van der Waals surface area (Å²) in [7, 11) is -3.54. The maximum atomic E-state index is 13.3. The molecule has 2 aliphatic rings. The van der Waals surface area contributed by atoms with E-state index in [0.29, 0.717) is 30.4 Å². The summed E-state index contributed by atoms with van der Waals surface area (Å²) in [5, 5.41) is 0. The Kier molecular flexibility index (Phi) is 4.40. The normalized spacial score (nSPS) is 20.3. The van der Waals surface area contributed by atoms with E-state index >= 15 is 0 Å². The molecule has 4 rings (SSSR count). The topological polar surface area (TPSA) is 55.8 Å². The van der Waals surface area contributed by atoms with Crippen molar-refractivity contribution in [3.8, 4) is 11.5 Å². The number of benzene rings is 2. The highest BCUT2D eigenvalue weighted by Gasteiger charge is 2.37. The van der Waals surface area contributed by atoms with Crippen LogP contribution in [0.25, 0.3) is 0 Å². The number of hydrogen-bond acceptors (Lipinski definition) is 4. The standard InChI is InChI=1S/C20H23NO4S/c1-14-5-8-20(15(2)12-14)26(22,23)21-9-3-4-17(21)16-6-7-18-19(13-16)25-11-10-24-18/h5-8,12-13,17H,3-4,9-11H2,1-2H3/t17-/m0/s1. The lowest BCUT2D eigenvalue weighted by atomic mass is 10.0. The van der Waals surface area contributed by atoms with Gasteiger partial charge in [0, 0.05) is 6.54 Å². The largest absolute Gasteiger partial charge is 0.486 e. The zero-order chi connectivity index (χ0) is 18.3. The van der Waals surface area contributed by atoms with E-state index in [2.05, 4.69) is 0 Å². The van der Waals surface area contributed by atoms with Crippen molar-refractivity contribution in [3.63, 3.8) is 0 Å². The molecule has 0 unspecified atom stereocenters. The average Bonchev–Trinajstić information content (AvgIpc) is 3.11. The first-order valence-electron chi connectivity index (χ1n) is 8.95. The van der Waals surface area contributed by atoms with E-state index in [9.17, 15) is 8.42 Å². The Bertz CT molecular complexity index is 939. The molecule has 6 heteroatoms. The van der Waals surface area contributed by atoms with Crippen LogP contribution < -0.4 is 9.47 Å². The second-order valence-electron chi connectivity index (χ2n) is 6.95. The molecule has 2 aliphatic heterocycles. The van der Waals surface area contributed by atoms with Crippen LogP contribution in [0.3, 0.4) is 0 Å². The van der Waals surface area contributed by atoms with Crippen molar-refractivity contribution < 1.29 is 17.9 Å². The van der Waals surface area contributed by atoms with Crippen molar-refractivity contribution in [2.24, 2.45) is 0 Å². The minimum Gasteiger partial charge on any atom is -0.486 e. The van der Waals surface area contributed by atoms with Crippen LogP contribution in [0.4, 0.5) is 0 Å². The fourth-order valence-electron chi connectivity index (χ4n) is 3.84. The summed E-state index contributed by atoms with van der Waals surface area (Å²) >= 11 is 0. The maximum Gasteiger partial charge on any atom is 0.243 e. The fourth-order valence-corrected chi connectivity index (χ4v) is 5.73. The molecule has 0 aromatic heterocycles. The number of hydrogen-bond donors (Lipinski definition) is 0. The van der Waals surface area contributed by atoms with Gasteiger partial charge in [-0.1, -0.05) is 23.8 Å². The summed E-state index contributed by atoms with van der Waals surface area (Å²) in [5.41, 5.74) is 2.81. The monoisotopic (exact) mass is 373 g/mol. The minimum absolute atomic E-state index is 0.170. The van der Waals surface area contributed by atoms with E-state index in [4.69, 9.17) is 9.47 Å². The van der Waals surface area contributed by atoms with Gasteiger partial charge in [-0.3, -0.25) is 0 Å². The Hall–Kier alpha value is -2.05. The smallest absolute Gasteiger partial charge is 0.243 e. The SMILES string of the molecule is Cc1ccc(S(=O)(=O)N2CCC[C@H]2c2ccc3c(c2)OCCO3)c(C)c1. The van der Waals surface area contributed by atoms with E-state index in [1.165, 1.54) is 0 Å². The predicted octanol–water partition coefficient (Wildman–Crippen LogP) is 3.60. The molecule has 0 bridgehead atoms. The van der Waals surface area contributed by atoms with E-state index < -0.39 is 10.0 Å². The molecule has 138 valence electrons. The van der Waals surface area contributed by atoms with Crippen LogP contribution in [0.1, 0.15) is 35.6 Å². The zero-order valence-electron chi connectivity index (χ0n) is 15.1. The van der Waals surface area contributed by atoms with Crippen LogP contribution >= 0.6 is 0 Å². The van der Waals surface area contributed by atoms with Crippen molar-refractivity contribution in [1.29, 1.82) is 0 Å². The Morgan fingerprint density at radius 1 is 1.00 bits per heavy atom. The quantitative estimate of drug-likeness (QED) is 0.825. The maximum absolute atomic E-state index is 13.3. The molecule has 2 heterocycles. The summed E-state index contributed by atoms with van der Waals surface area (Å²) in [4.78, 5) is 0.396. The van der Waals surface area contributed by atoms with Gasteiger partial charge in [0.2, 0.25) is 10.0 Å². The first-order valence-corrected chi connectivity index (χ1v) is 10.4. The summed E-state index contributed by atoms with van der Waals surface area (Å²) in [6, 6.07) is 11.1. The fraction of sp³-hybridized carbons (Fsp3) is 0.400. The summed E-state index contributed by atoms with van der Waals surface area (Å²) in [5.74, 6) is 1.42. The molecular weight excluding hydrogens is 350 g/mol. The highest BCUT2D eigenvalue weighted by molar-refractivity contribution is 7.89. The lowest BCUT2D eigenvalue weighted by molar-refractivity contribution is 0.171.